The molecule has 1 heterocycles. The number of nitrogens with zero attached hydrogens (tertiary/aromatic N) is 2. The van der Waals surface area contributed by atoms with E-state index in [1.54, 1.807) is 4.90 Å². The summed E-state index contributed by atoms with van der Waals surface area (Å²) >= 11 is 0. The standard InChI is InChI=1S/C18H25N3O5S/c1-3-20(4-2)17(22)12-21-15-10-9-14(11-16(15)26-18(21)23)27(24,25)19-13-7-5-6-8-13/h9-11,13,19H,3-8,12H2,1-2H3. The van der Waals surface area contributed by atoms with Crippen LogP contribution in [-0.2, 0) is 21.4 Å². The Labute approximate surface area is 158 Å². The summed E-state index contributed by atoms with van der Waals surface area (Å²) in [5.74, 6) is -0.867. The number of benzene rings is 1. The lowest BCUT2D eigenvalue weighted by atomic mass is 10.3. The Kier molecular flexibility index (Phi) is 5.71. The number of amides is 1. The van der Waals surface area contributed by atoms with E-state index < -0.39 is 15.8 Å². The van der Waals surface area contributed by atoms with Crippen LogP contribution in [0.4, 0.5) is 0 Å². The third kappa shape index (κ3) is 4.08. The summed E-state index contributed by atoms with van der Waals surface area (Å²) in [5.41, 5.74) is 0.557. The van der Waals surface area contributed by atoms with Gasteiger partial charge < -0.3 is 9.32 Å². The molecule has 3 rings (SSSR count). The molecule has 1 saturated carbocycles. The summed E-state index contributed by atoms with van der Waals surface area (Å²) in [7, 11) is -3.68. The van der Waals surface area contributed by atoms with Gasteiger partial charge >= 0.3 is 5.76 Å². The van der Waals surface area contributed by atoms with E-state index in [2.05, 4.69) is 4.72 Å². The lowest BCUT2D eigenvalue weighted by Crippen LogP contribution is -2.35. The molecule has 0 bridgehead atoms. The molecule has 1 amide bonds. The number of hydrogen-bond acceptors (Lipinski definition) is 5. The monoisotopic (exact) mass is 395 g/mol. The molecule has 1 fully saturated rings. The van der Waals surface area contributed by atoms with Crippen molar-refractivity contribution in [2.24, 2.45) is 0 Å². The first-order chi connectivity index (χ1) is 12.9. The van der Waals surface area contributed by atoms with Crippen LogP contribution in [0.25, 0.3) is 11.1 Å². The van der Waals surface area contributed by atoms with Gasteiger partial charge in [-0.15, -0.1) is 0 Å². The highest BCUT2D eigenvalue weighted by Crippen LogP contribution is 2.22. The number of sulfonamides is 1. The molecule has 0 atom stereocenters. The van der Waals surface area contributed by atoms with E-state index in [1.165, 1.54) is 22.8 Å². The number of rotatable bonds is 7. The van der Waals surface area contributed by atoms with Crippen LogP contribution < -0.4 is 10.5 Å². The maximum absolute atomic E-state index is 12.6. The predicted octanol–water partition coefficient (Wildman–Crippen LogP) is 1.68. The molecule has 1 aromatic heterocycles. The molecule has 0 spiro atoms. The highest BCUT2D eigenvalue weighted by atomic mass is 32.2. The minimum Gasteiger partial charge on any atom is -0.408 e. The highest BCUT2D eigenvalue weighted by Gasteiger charge is 2.24. The quantitative estimate of drug-likeness (QED) is 0.769. The van der Waals surface area contributed by atoms with E-state index in [-0.39, 0.29) is 29.0 Å². The number of likely N-dealkylation sites (N-methyl/N-ethyl adjacent to an activating group) is 1. The first-order valence-corrected chi connectivity index (χ1v) is 10.8. The van der Waals surface area contributed by atoms with Crippen molar-refractivity contribution in [3.8, 4) is 0 Å². The number of carbonyl (C=O) groups excluding carboxylic acids is 1. The molecule has 1 aliphatic carbocycles. The molecule has 0 unspecified atom stereocenters. The highest BCUT2D eigenvalue weighted by molar-refractivity contribution is 7.89. The van der Waals surface area contributed by atoms with Gasteiger partial charge in [-0.25, -0.2) is 17.9 Å². The summed E-state index contributed by atoms with van der Waals surface area (Å²) in [6, 6.07) is 4.24. The number of nitrogens with one attached hydrogen (secondary N) is 1. The maximum Gasteiger partial charge on any atom is 0.420 e. The zero-order chi connectivity index (χ0) is 19.6. The van der Waals surface area contributed by atoms with Gasteiger partial charge in [0.1, 0.15) is 6.54 Å². The van der Waals surface area contributed by atoms with Crippen LogP contribution in [0.3, 0.4) is 0 Å². The summed E-state index contributed by atoms with van der Waals surface area (Å²) in [4.78, 5) is 26.2. The SMILES string of the molecule is CCN(CC)C(=O)Cn1c(=O)oc2cc(S(=O)(=O)NC3CCCC3)ccc21. The fourth-order valence-electron chi connectivity index (χ4n) is 3.51. The Morgan fingerprint density at radius 2 is 1.93 bits per heavy atom. The Morgan fingerprint density at radius 1 is 1.26 bits per heavy atom. The molecular weight excluding hydrogens is 370 g/mol. The van der Waals surface area contributed by atoms with Gasteiger partial charge in [-0.05, 0) is 38.8 Å². The van der Waals surface area contributed by atoms with Crippen LogP contribution in [0.5, 0.6) is 0 Å². The van der Waals surface area contributed by atoms with Gasteiger partial charge in [0.2, 0.25) is 15.9 Å². The number of oxazole rings is 1. The second-order valence-electron chi connectivity index (χ2n) is 6.75. The average molecular weight is 395 g/mol. The van der Waals surface area contributed by atoms with E-state index in [1.807, 2.05) is 13.8 Å². The van der Waals surface area contributed by atoms with Gasteiger partial charge in [0.15, 0.2) is 5.58 Å². The van der Waals surface area contributed by atoms with Gasteiger partial charge in [-0.3, -0.25) is 9.36 Å². The number of fused-ring (bicyclic) bond motifs is 1. The molecule has 27 heavy (non-hydrogen) atoms. The second-order valence-corrected chi connectivity index (χ2v) is 8.47. The van der Waals surface area contributed by atoms with E-state index in [4.69, 9.17) is 4.42 Å². The topological polar surface area (TPSA) is 102 Å². The number of hydrogen-bond donors (Lipinski definition) is 1. The van der Waals surface area contributed by atoms with E-state index >= 15 is 0 Å². The van der Waals surface area contributed by atoms with Crippen LogP contribution in [0.1, 0.15) is 39.5 Å². The third-order valence-corrected chi connectivity index (χ3v) is 6.55. The summed E-state index contributed by atoms with van der Waals surface area (Å²) in [6.07, 6.45) is 3.70. The van der Waals surface area contributed by atoms with Crippen molar-refractivity contribution in [1.82, 2.24) is 14.2 Å². The smallest absolute Gasteiger partial charge is 0.408 e. The molecular formula is C18H25N3O5S. The summed E-state index contributed by atoms with van der Waals surface area (Å²) < 4.78 is 34.3. The van der Waals surface area contributed by atoms with Crippen molar-refractivity contribution in [1.29, 1.82) is 0 Å². The minimum atomic E-state index is -3.68. The van der Waals surface area contributed by atoms with Crippen LogP contribution in [0.2, 0.25) is 0 Å². The van der Waals surface area contributed by atoms with Crippen LogP contribution >= 0.6 is 0 Å². The van der Waals surface area contributed by atoms with Crippen LogP contribution in [0, 0.1) is 0 Å². The maximum atomic E-state index is 12.6. The van der Waals surface area contributed by atoms with Crippen molar-refractivity contribution < 1.29 is 17.6 Å². The van der Waals surface area contributed by atoms with Crippen LogP contribution in [0.15, 0.2) is 32.3 Å². The van der Waals surface area contributed by atoms with E-state index in [0.29, 0.717) is 18.6 Å². The fraction of sp³-hybridized carbons (Fsp3) is 0.556. The Balaban J connectivity index is 1.89. The molecule has 9 heteroatoms. The second kappa shape index (κ2) is 7.85. The van der Waals surface area contributed by atoms with Gasteiger partial charge in [-0.1, -0.05) is 12.8 Å². The van der Waals surface area contributed by atoms with Crippen molar-refractivity contribution in [3.05, 3.63) is 28.7 Å². The molecule has 0 saturated heterocycles. The molecule has 2 aromatic rings. The van der Waals surface area contributed by atoms with E-state index in [9.17, 15) is 18.0 Å². The molecule has 1 aromatic carbocycles. The first-order valence-electron chi connectivity index (χ1n) is 9.29. The lowest BCUT2D eigenvalue weighted by Gasteiger charge is -2.18. The number of carbonyl (C=O) groups is 1. The summed E-state index contributed by atoms with van der Waals surface area (Å²) in [6.45, 7) is 4.70. The van der Waals surface area contributed by atoms with Gasteiger partial charge in [0.05, 0.1) is 10.4 Å². The molecule has 0 aliphatic heterocycles. The summed E-state index contributed by atoms with van der Waals surface area (Å²) in [5, 5.41) is 0. The average Bonchev–Trinajstić information content (AvgIpc) is 3.23. The van der Waals surface area contributed by atoms with E-state index in [0.717, 1.165) is 25.7 Å². The molecule has 0 radical (unpaired) electrons. The molecule has 8 nitrogen and oxygen atoms in total. The Morgan fingerprint density at radius 3 is 2.56 bits per heavy atom. The predicted molar refractivity (Wildman–Crippen MR) is 101 cm³/mol. The first kappa shape index (κ1) is 19.6. The fourth-order valence-corrected chi connectivity index (χ4v) is 4.83. The van der Waals surface area contributed by atoms with Crippen LogP contribution in [-0.4, -0.2) is 42.9 Å². The Hall–Kier alpha value is -2.13. The minimum absolute atomic E-state index is 0.0472. The van der Waals surface area contributed by atoms with Crippen molar-refractivity contribution >= 4 is 27.0 Å². The van der Waals surface area contributed by atoms with Gasteiger partial charge in [-0.2, -0.15) is 0 Å². The molecule has 1 aliphatic rings. The molecule has 148 valence electrons. The lowest BCUT2D eigenvalue weighted by molar-refractivity contribution is -0.131. The molecule has 1 N–H and O–H groups in total. The van der Waals surface area contributed by atoms with Crippen molar-refractivity contribution in [2.75, 3.05) is 13.1 Å². The third-order valence-electron chi connectivity index (χ3n) is 5.04. The zero-order valence-corrected chi connectivity index (χ0v) is 16.4. The largest absolute Gasteiger partial charge is 0.420 e. The van der Waals surface area contributed by atoms with Crippen molar-refractivity contribution in [3.63, 3.8) is 0 Å². The Bertz CT molecular complexity index is 982. The normalized spacial score (nSPS) is 15.5. The van der Waals surface area contributed by atoms with Gasteiger partial charge in [0, 0.05) is 25.2 Å². The van der Waals surface area contributed by atoms with Gasteiger partial charge in [0.25, 0.3) is 0 Å². The number of aromatic nitrogens is 1. The van der Waals surface area contributed by atoms with Crippen molar-refractivity contribution in [2.45, 2.75) is 57.0 Å². The zero-order valence-electron chi connectivity index (χ0n) is 15.6.